The summed E-state index contributed by atoms with van der Waals surface area (Å²) < 4.78 is 4.07. The van der Waals surface area contributed by atoms with Crippen LogP contribution < -0.4 is 4.90 Å². The van der Waals surface area contributed by atoms with Crippen molar-refractivity contribution in [3.63, 3.8) is 0 Å². The van der Waals surface area contributed by atoms with Gasteiger partial charge in [-0.15, -0.1) is 5.10 Å². The normalized spacial score (nSPS) is 20.7. The second-order valence-corrected chi connectivity index (χ2v) is 8.73. The molecule has 1 saturated carbocycles. The standard InChI is InChI=1S/C23H26N8/c1-14-24-15(2)31(28-14)21-13-19(26-23(27-21)30-10-6-7-11-30)16-12-17(16)22-25-18-8-4-5-9-20(18)29(22)3/h4-5,8-9,13,16-17H,6-7,10-12H2,1-3H3/t16-,17-/m0/s1. The highest BCUT2D eigenvalue weighted by Gasteiger charge is 2.44. The van der Waals surface area contributed by atoms with Crippen molar-refractivity contribution >= 4 is 17.0 Å². The molecular formula is C23H26N8. The molecule has 2 atom stereocenters. The number of rotatable bonds is 4. The summed E-state index contributed by atoms with van der Waals surface area (Å²) in [5.41, 5.74) is 3.31. The average Bonchev–Trinajstić information content (AvgIpc) is 3.08. The van der Waals surface area contributed by atoms with Gasteiger partial charge >= 0.3 is 0 Å². The molecule has 1 aliphatic heterocycles. The van der Waals surface area contributed by atoms with E-state index in [-0.39, 0.29) is 0 Å². The monoisotopic (exact) mass is 414 g/mol. The third-order valence-electron chi connectivity index (χ3n) is 6.53. The fourth-order valence-electron chi connectivity index (χ4n) is 4.84. The van der Waals surface area contributed by atoms with E-state index in [9.17, 15) is 0 Å². The lowest BCUT2D eigenvalue weighted by atomic mass is 10.2. The van der Waals surface area contributed by atoms with Gasteiger partial charge in [0.05, 0.1) is 16.7 Å². The van der Waals surface area contributed by atoms with E-state index in [1.165, 1.54) is 18.4 Å². The summed E-state index contributed by atoms with van der Waals surface area (Å²) in [7, 11) is 2.11. The van der Waals surface area contributed by atoms with Crippen LogP contribution in [-0.2, 0) is 7.05 Å². The van der Waals surface area contributed by atoms with Crippen LogP contribution in [0.3, 0.4) is 0 Å². The van der Waals surface area contributed by atoms with Crippen molar-refractivity contribution in [1.82, 2.24) is 34.3 Å². The Balaban J connectivity index is 1.40. The number of hydrogen-bond acceptors (Lipinski definition) is 6. The average molecular weight is 415 g/mol. The molecule has 0 spiro atoms. The maximum Gasteiger partial charge on any atom is 0.227 e. The van der Waals surface area contributed by atoms with Gasteiger partial charge in [0.15, 0.2) is 5.82 Å². The molecule has 0 bridgehead atoms. The Hall–Kier alpha value is -3.29. The Morgan fingerprint density at radius 3 is 2.48 bits per heavy atom. The Morgan fingerprint density at radius 2 is 1.74 bits per heavy atom. The lowest BCUT2D eigenvalue weighted by Gasteiger charge is -2.17. The fraction of sp³-hybridized carbons (Fsp3) is 0.435. The van der Waals surface area contributed by atoms with Crippen LogP contribution in [0.1, 0.15) is 54.3 Å². The Kier molecular flexibility index (Phi) is 4.09. The van der Waals surface area contributed by atoms with Crippen molar-refractivity contribution in [2.24, 2.45) is 7.05 Å². The molecule has 6 rings (SSSR count). The number of fused-ring (bicyclic) bond motifs is 1. The van der Waals surface area contributed by atoms with Gasteiger partial charge in [-0.25, -0.2) is 15.0 Å². The molecule has 1 aromatic carbocycles. The largest absolute Gasteiger partial charge is 0.341 e. The molecule has 31 heavy (non-hydrogen) atoms. The SMILES string of the molecule is Cc1nc(C)n(-c2cc([C@H]3C[C@@H]3c3nc4ccccc4n3C)nc(N3CCCC3)n2)n1. The van der Waals surface area contributed by atoms with Crippen molar-refractivity contribution in [2.75, 3.05) is 18.0 Å². The Bertz CT molecular complexity index is 1280. The zero-order chi connectivity index (χ0) is 21.1. The van der Waals surface area contributed by atoms with E-state index in [2.05, 4.69) is 50.9 Å². The summed E-state index contributed by atoms with van der Waals surface area (Å²) >= 11 is 0. The van der Waals surface area contributed by atoms with Gasteiger partial charge in [-0.1, -0.05) is 12.1 Å². The summed E-state index contributed by atoms with van der Waals surface area (Å²) in [5.74, 6) is 5.09. The third-order valence-corrected chi connectivity index (χ3v) is 6.53. The summed E-state index contributed by atoms with van der Waals surface area (Å²) in [5, 5.41) is 4.57. The van der Waals surface area contributed by atoms with Crippen LogP contribution in [0.2, 0.25) is 0 Å². The summed E-state index contributed by atoms with van der Waals surface area (Å²) in [4.78, 5) is 21.6. The van der Waals surface area contributed by atoms with Gasteiger partial charge in [0.1, 0.15) is 17.5 Å². The van der Waals surface area contributed by atoms with Gasteiger partial charge in [-0.2, -0.15) is 9.67 Å². The van der Waals surface area contributed by atoms with Crippen molar-refractivity contribution < 1.29 is 0 Å². The lowest BCUT2D eigenvalue weighted by Crippen LogP contribution is -2.22. The smallest absolute Gasteiger partial charge is 0.227 e. The fourth-order valence-corrected chi connectivity index (χ4v) is 4.84. The van der Waals surface area contributed by atoms with Gasteiger partial charge < -0.3 is 9.47 Å². The zero-order valence-electron chi connectivity index (χ0n) is 18.2. The van der Waals surface area contributed by atoms with E-state index in [0.717, 1.165) is 60.0 Å². The molecule has 158 valence electrons. The summed E-state index contributed by atoms with van der Waals surface area (Å²) in [6.45, 7) is 5.90. The van der Waals surface area contributed by atoms with E-state index in [1.54, 1.807) is 0 Å². The molecule has 0 amide bonds. The summed E-state index contributed by atoms with van der Waals surface area (Å²) in [6.07, 6.45) is 3.44. The molecule has 1 aliphatic carbocycles. The van der Waals surface area contributed by atoms with E-state index in [0.29, 0.717) is 11.8 Å². The predicted molar refractivity (Wildman–Crippen MR) is 119 cm³/mol. The number of imidazole rings is 1. The highest BCUT2D eigenvalue weighted by Crippen LogP contribution is 2.54. The first-order valence-electron chi connectivity index (χ1n) is 11.0. The molecule has 4 heterocycles. The van der Waals surface area contributed by atoms with E-state index in [4.69, 9.17) is 15.0 Å². The molecule has 2 aliphatic rings. The number of anilines is 1. The van der Waals surface area contributed by atoms with Crippen molar-refractivity contribution in [2.45, 2.75) is 44.9 Å². The highest BCUT2D eigenvalue weighted by molar-refractivity contribution is 5.76. The van der Waals surface area contributed by atoms with Crippen molar-refractivity contribution in [3.8, 4) is 5.82 Å². The third kappa shape index (κ3) is 3.08. The molecule has 3 aromatic heterocycles. The van der Waals surface area contributed by atoms with Crippen LogP contribution in [0.25, 0.3) is 16.9 Å². The molecule has 8 heteroatoms. The maximum absolute atomic E-state index is 5.01. The van der Waals surface area contributed by atoms with Gasteiger partial charge in [0.25, 0.3) is 0 Å². The topological polar surface area (TPSA) is 77.5 Å². The number of aryl methyl sites for hydroxylation is 3. The lowest BCUT2D eigenvalue weighted by molar-refractivity contribution is 0.766. The first kappa shape index (κ1) is 18.5. The van der Waals surface area contributed by atoms with Crippen LogP contribution in [-0.4, -0.2) is 47.4 Å². The Labute approximate surface area is 181 Å². The number of hydrogen-bond donors (Lipinski definition) is 0. The zero-order valence-corrected chi connectivity index (χ0v) is 18.2. The van der Waals surface area contributed by atoms with Gasteiger partial charge in [0.2, 0.25) is 5.95 Å². The first-order chi connectivity index (χ1) is 15.1. The molecule has 0 N–H and O–H groups in total. The molecule has 0 radical (unpaired) electrons. The van der Waals surface area contributed by atoms with Gasteiger partial charge in [-0.05, 0) is 45.2 Å². The molecule has 1 saturated heterocycles. The second-order valence-electron chi connectivity index (χ2n) is 8.73. The minimum Gasteiger partial charge on any atom is -0.341 e. The minimum atomic E-state index is 0.350. The predicted octanol–water partition coefficient (Wildman–Crippen LogP) is 3.43. The molecule has 2 fully saturated rings. The number of para-hydroxylation sites is 2. The second kappa shape index (κ2) is 6.87. The summed E-state index contributed by atoms with van der Waals surface area (Å²) in [6, 6.07) is 10.4. The van der Waals surface area contributed by atoms with Crippen LogP contribution >= 0.6 is 0 Å². The van der Waals surface area contributed by atoms with Crippen molar-refractivity contribution in [1.29, 1.82) is 0 Å². The first-order valence-corrected chi connectivity index (χ1v) is 11.0. The van der Waals surface area contributed by atoms with Crippen LogP contribution in [0.15, 0.2) is 30.3 Å². The maximum atomic E-state index is 5.01. The molecular weight excluding hydrogens is 388 g/mol. The minimum absolute atomic E-state index is 0.350. The van der Waals surface area contributed by atoms with Gasteiger partial charge in [-0.3, -0.25) is 0 Å². The Morgan fingerprint density at radius 1 is 0.935 bits per heavy atom. The molecule has 0 unspecified atom stereocenters. The number of benzene rings is 1. The quantitative estimate of drug-likeness (QED) is 0.509. The van der Waals surface area contributed by atoms with Crippen LogP contribution in [0.5, 0.6) is 0 Å². The van der Waals surface area contributed by atoms with Crippen LogP contribution in [0, 0.1) is 13.8 Å². The van der Waals surface area contributed by atoms with E-state index < -0.39 is 0 Å². The van der Waals surface area contributed by atoms with Crippen LogP contribution in [0.4, 0.5) is 5.95 Å². The number of nitrogens with zero attached hydrogens (tertiary/aromatic N) is 8. The van der Waals surface area contributed by atoms with E-state index >= 15 is 0 Å². The van der Waals surface area contributed by atoms with Gasteiger partial charge in [0, 0.05) is 38.0 Å². The molecule has 4 aromatic rings. The van der Waals surface area contributed by atoms with Crippen molar-refractivity contribution in [3.05, 3.63) is 53.5 Å². The number of aromatic nitrogens is 7. The van der Waals surface area contributed by atoms with E-state index in [1.807, 2.05) is 24.6 Å². The highest BCUT2D eigenvalue weighted by atomic mass is 15.4. The molecule has 8 nitrogen and oxygen atoms in total.